The molecule has 2 unspecified atom stereocenters. The Balaban J connectivity index is 2.14. The van der Waals surface area contributed by atoms with Gasteiger partial charge in [0.25, 0.3) is 0 Å². The van der Waals surface area contributed by atoms with Gasteiger partial charge in [-0.05, 0) is 52.6 Å². The minimum atomic E-state index is 0.524. The summed E-state index contributed by atoms with van der Waals surface area (Å²) < 4.78 is 5.25. The van der Waals surface area contributed by atoms with Crippen LogP contribution < -0.4 is 5.32 Å². The van der Waals surface area contributed by atoms with Gasteiger partial charge >= 0.3 is 0 Å². The molecule has 0 bridgehead atoms. The van der Waals surface area contributed by atoms with Crippen LogP contribution in [0, 0.1) is 0 Å². The van der Waals surface area contributed by atoms with Crippen LogP contribution in [0.2, 0.25) is 0 Å². The van der Waals surface area contributed by atoms with Crippen molar-refractivity contribution in [1.82, 2.24) is 10.2 Å². The number of ether oxygens (including phenoxy) is 1. The van der Waals surface area contributed by atoms with Crippen molar-refractivity contribution < 1.29 is 4.74 Å². The maximum atomic E-state index is 5.25. The predicted molar refractivity (Wildman–Crippen MR) is 73.4 cm³/mol. The number of likely N-dealkylation sites (N-methyl/N-ethyl adjacent to an activating group) is 1. The maximum absolute atomic E-state index is 5.25. The molecule has 0 aromatic rings. The second-order valence-electron chi connectivity index (χ2n) is 5.35. The van der Waals surface area contributed by atoms with E-state index in [2.05, 4.69) is 31.0 Å². The topological polar surface area (TPSA) is 24.5 Å². The lowest BCUT2D eigenvalue weighted by Crippen LogP contribution is -2.42. The second-order valence-corrected chi connectivity index (χ2v) is 5.35. The first kappa shape index (κ1) is 14.9. The molecule has 1 rings (SSSR count). The molecule has 0 spiro atoms. The zero-order valence-corrected chi connectivity index (χ0v) is 12.0. The zero-order valence-electron chi connectivity index (χ0n) is 12.0. The first-order valence-corrected chi connectivity index (χ1v) is 7.17. The third-order valence-corrected chi connectivity index (χ3v) is 3.71. The summed E-state index contributed by atoms with van der Waals surface area (Å²) in [5.41, 5.74) is 0. The highest BCUT2D eigenvalue weighted by Crippen LogP contribution is 2.18. The molecule has 1 aliphatic rings. The molecular formula is C14H30N2O. The Morgan fingerprint density at radius 1 is 1.29 bits per heavy atom. The van der Waals surface area contributed by atoms with Crippen LogP contribution in [0.5, 0.6) is 0 Å². The minimum absolute atomic E-state index is 0.524. The molecular weight excluding hydrogens is 212 g/mol. The van der Waals surface area contributed by atoms with E-state index in [1.807, 2.05) is 0 Å². The molecule has 17 heavy (non-hydrogen) atoms. The number of methoxy groups -OCH3 is 1. The fourth-order valence-electron chi connectivity index (χ4n) is 2.55. The first-order valence-electron chi connectivity index (χ1n) is 7.17. The second kappa shape index (κ2) is 8.06. The smallest absolute Gasteiger partial charge is 0.0615 e. The van der Waals surface area contributed by atoms with Gasteiger partial charge in [0.05, 0.1) is 6.61 Å². The van der Waals surface area contributed by atoms with Crippen LogP contribution in [0.25, 0.3) is 0 Å². The van der Waals surface area contributed by atoms with E-state index in [0.717, 1.165) is 19.2 Å². The van der Waals surface area contributed by atoms with E-state index in [1.54, 1.807) is 7.11 Å². The average molecular weight is 242 g/mol. The molecule has 0 amide bonds. The molecule has 0 aromatic heterocycles. The van der Waals surface area contributed by atoms with Crippen LogP contribution in [0.4, 0.5) is 0 Å². The lowest BCUT2D eigenvalue weighted by Gasteiger charge is -2.33. The van der Waals surface area contributed by atoms with Gasteiger partial charge in [-0.1, -0.05) is 6.92 Å². The Labute approximate surface area is 107 Å². The molecule has 1 aliphatic carbocycles. The van der Waals surface area contributed by atoms with Crippen molar-refractivity contribution in [2.24, 2.45) is 0 Å². The number of nitrogens with one attached hydrogen (secondary N) is 1. The summed E-state index contributed by atoms with van der Waals surface area (Å²) >= 11 is 0. The minimum Gasteiger partial charge on any atom is -0.383 e. The van der Waals surface area contributed by atoms with Gasteiger partial charge in [0, 0.05) is 25.2 Å². The molecule has 0 heterocycles. The summed E-state index contributed by atoms with van der Waals surface area (Å²) in [4.78, 5) is 2.54. The molecule has 2 atom stereocenters. The summed E-state index contributed by atoms with van der Waals surface area (Å²) in [5, 5.41) is 3.58. The van der Waals surface area contributed by atoms with Gasteiger partial charge in [0.1, 0.15) is 0 Å². The van der Waals surface area contributed by atoms with Crippen molar-refractivity contribution in [3.8, 4) is 0 Å². The lowest BCUT2D eigenvalue weighted by molar-refractivity contribution is 0.0750. The number of hydrogen-bond acceptors (Lipinski definition) is 3. The number of nitrogens with zero attached hydrogens (tertiary/aromatic N) is 1. The molecule has 3 heteroatoms. The lowest BCUT2D eigenvalue weighted by atomic mass is 10.1. The van der Waals surface area contributed by atoms with E-state index in [1.165, 1.54) is 32.2 Å². The molecule has 0 radical (unpaired) electrons. The fourth-order valence-corrected chi connectivity index (χ4v) is 2.55. The molecule has 3 nitrogen and oxygen atoms in total. The molecule has 1 fully saturated rings. The van der Waals surface area contributed by atoms with Crippen LogP contribution in [0.15, 0.2) is 0 Å². The summed E-state index contributed by atoms with van der Waals surface area (Å²) in [7, 11) is 1.79. The Bertz CT molecular complexity index is 195. The van der Waals surface area contributed by atoms with E-state index in [9.17, 15) is 0 Å². The third kappa shape index (κ3) is 5.84. The third-order valence-electron chi connectivity index (χ3n) is 3.71. The van der Waals surface area contributed by atoms with Crippen LogP contribution in [0.3, 0.4) is 0 Å². The van der Waals surface area contributed by atoms with Crippen LogP contribution in [-0.2, 0) is 4.74 Å². The van der Waals surface area contributed by atoms with E-state index in [-0.39, 0.29) is 0 Å². The molecule has 0 aromatic carbocycles. The van der Waals surface area contributed by atoms with E-state index in [0.29, 0.717) is 12.1 Å². The van der Waals surface area contributed by atoms with Gasteiger partial charge in [-0.2, -0.15) is 0 Å². The highest BCUT2D eigenvalue weighted by atomic mass is 16.5. The maximum Gasteiger partial charge on any atom is 0.0615 e. The SMILES string of the molecule is CCN(C(C)CCCNC1CC1)C(C)COC. The van der Waals surface area contributed by atoms with Crippen LogP contribution >= 0.6 is 0 Å². The van der Waals surface area contributed by atoms with Crippen LogP contribution in [0.1, 0.15) is 46.5 Å². The van der Waals surface area contributed by atoms with E-state index in [4.69, 9.17) is 4.74 Å². The molecule has 102 valence electrons. The van der Waals surface area contributed by atoms with E-state index < -0.39 is 0 Å². The number of hydrogen-bond donors (Lipinski definition) is 1. The Morgan fingerprint density at radius 3 is 2.53 bits per heavy atom. The first-order chi connectivity index (χ1) is 8.19. The Hall–Kier alpha value is -0.120. The zero-order chi connectivity index (χ0) is 12.7. The van der Waals surface area contributed by atoms with Crippen molar-refractivity contribution in [2.75, 3.05) is 26.8 Å². The van der Waals surface area contributed by atoms with Crippen molar-refractivity contribution >= 4 is 0 Å². The summed E-state index contributed by atoms with van der Waals surface area (Å²) in [6, 6.07) is 2.03. The van der Waals surface area contributed by atoms with Crippen LogP contribution in [-0.4, -0.2) is 49.8 Å². The Morgan fingerprint density at radius 2 is 2.00 bits per heavy atom. The highest BCUT2D eigenvalue weighted by molar-refractivity contribution is 4.81. The summed E-state index contributed by atoms with van der Waals surface area (Å²) in [6.07, 6.45) is 5.35. The molecule has 1 saturated carbocycles. The van der Waals surface area contributed by atoms with Gasteiger partial charge in [0.2, 0.25) is 0 Å². The predicted octanol–water partition coefficient (Wildman–Crippen LogP) is 2.26. The van der Waals surface area contributed by atoms with Crippen molar-refractivity contribution in [1.29, 1.82) is 0 Å². The standard InChI is InChI=1S/C14H30N2O/c1-5-16(13(3)11-17-4)12(2)7-6-10-15-14-8-9-14/h12-15H,5-11H2,1-4H3. The van der Waals surface area contributed by atoms with Gasteiger partial charge < -0.3 is 10.1 Å². The van der Waals surface area contributed by atoms with E-state index >= 15 is 0 Å². The summed E-state index contributed by atoms with van der Waals surface area (Å²) in [6.45, 7) is 9.97. The largest absolute Gasteiger partial charge is 0.383 e. The van der Waals surface area contributed by atoms with Crippen molar-refractivity contribution in [3.63, 3.8) is 0 Å². The average Bonchev–Trinajstić information content (AvgIpc) is 3.09. The summed E-state index contributed by atoms with van der Waals surface area (Å²) in [5.74, 6) is 0. The van der Waals surface area contributed by atoms with Crippen molar-refractivity contribution in [3.05, 3.63) is 0 Å². The van der Waals surface area contributed by atoms with Gasteiger partial charge in [0.15, 0.2) is 0 Å². The molecule has 0 aliphatic heterocycles. The molecule has 0 saturated heterocycles. The monoisotopic (exact) mass is 242 g/mol. The normalized spacial score (nSPS) is 19.6. The van der Waals surface area contributed by atoms with Gasteiger partial charge in [-0.25, -0.2) is 0 Å². The molecule has 1 N–H and O–H groups in total. The van der Waals surface area contributed by atoms with Gasteiger partial charge in [-0.3, -0.25) is 4.90 Å². The van der Waals surface area contributed by atoms with Gasteiger partial charge in [-0.15, -0.1) is 0 Å². The highest BCUT2D eigenvalue weighted by Gasteiger charge is 2.21. The Kier molecular flexibility index (Phi) is 7.09. The quantitative estimate of drug-likeness (QED) is 0.595. The number of rotatable bonds is 10. The fraction of sp³-hybridized carbons (Fsp3) is 1.00. The van der Waals surface area contributed by atoms with Crippen molar-refractivity contribution in [2.45, 2.75) is 64.6 Å².